The van der Waals surface area contributed by atoms with Gasteiger partial charge in [0.2, 0.25) is 0 Å². The number of aryl methyl sites for hydroxylation is 1. The molecule has 0 aliphatic rings. The zero-order valence-electron chi connectivity index (χ0n) is 9.34. The molecule has 2 aromatic heterocycles. The molecule has 84 valence electrons. The second-order valence-corrected chi connectivity index (χ2v) is 4.00. The summed E-state index contributed by atoms with van der Waals surface area (Å²) in [6.45, 7) is 0. The molecule has 0 fully saturated rings. The monoisotopic (exact) mass is 225 g/mol. The van der Waals surface area contributed by atoms with Gasteiger partial charge in [-0.3, -0.25) is 4.79 Å². The van der Waals surface area contributed by atoms with Crippen molar-refractivity contribution in [2.75, 3.05) is 0 Å². The molecule has 0 spiro atoms. The van der Waals surface area contributed by atoms with Crippen LogP contribution in [0.5, 0.6) is 0 Å². The lowest BCUT2D eigenvalue weighted by Crippen LogP contribution is -2.15. The third kappa shape index (κ3) is 1.54. The van der Waals surface area contributed by atoms with Gasteiger partial charge in [-0.05, 0) is 23.6 Å². The predicted molar refractivity (Wildman–Crippen MR) is 66.8 cm³/mol. The number of hydrogen-bond donors (Lipinski definition) is 1. The van der Waals surface area contributed by atoms with E-state index in [4.69, 9.17) is 0 Å². The van der Waals surface area contributed by atoms with Gasteiger partial charge in [-0.15, -0.1) is 0 Å². The van der Waals surface area contributed by atoms with Crippen molar-refractivity contribution < 1.29 is 0 Å². The van der Waals surface area contributed by atoms with Crippen LogP contribution in [0.1, 0.15) is 0 Å². The summed E-state index contributed by atoms with van der Waals surface area (Å²) in [4.78, 5) is 18.9. The fourth-order valence-electron chi connectivity index (χ4n) is 1.93. The molecule has 17 heavy (non-hydrogen) atoms. The summed E-state index contributed by atoms with van der Waals surface area (Å²) in [5, 5.41) is 1.68. The molecule has 4 nitrogen and oxygen atoms in total. The highest BCUT2D eigenvalue weighted by Crippen LogP contribution is 2.20. The van der Waals surface area contributed by atoms with Crippen molar-refractivity contribution in [3.05, 3.63) is 53.3 Å². The van der Waals surface area contributed by atoms with E-state index in [0.717, 1.165) is 22.0 Å². The van der Waals surface area contributed by atoms with E-state index in [2.05, 4.69) is 9.97 Å². The molecule has 4 heteroatoms. The normalized spacial score (nSPS) is 10.9. The van der Waals surface area contributed by atoms with Gasteiger partial charge in [0.15, 0.2) is 0 Å². The maximum absolute atomic E-state index is 11.9. The Bertz CT molecular complexity index is 726. The van der Waals surface area contributed by atoms with Crippen LogP contribution < -0.4 is 5.56 Å². The van der Waals surface area contributed by atoms with Crippen molar-refractivity contribution in [1.29, 1.82) is 0 Å². The topological polar surface area (TPSA) is 50.7 Å². The SMILES string of the molecule is Cn1ccc2cc(-c3cnc[nH]3)ccc2c1=O. The molecule has 0 radical (unpaired) electrons. The molecule has 0 amide bonds. The number of aromatic amines is 1. The number of H-pyrrole nitrogens is 1. The Morgan fingerprint density at radius 3 is 2.94 bits per heavy atom. The van der Waals surface area contributed by atoms with Crippen molar-refractivity contribution in [3.8, 4) is 11.3 Å². The molecule has 1 N–H and O–H groups in total. The molecule has 1 aromatic carbocycles. The van der Waals surface area contributed by atoms with Crippen LogP contribution in [-0.2, 0) is 7.05 Å². The number of aromatic nitrogens is 3. The van der Waals surface area contributed by atoms with Crippen LogP contribution in [0.3, 0.4) is 0 Å². The van der Waals surface area contributed by atoms with Crippen LogP contribution in [0.4, 0.5) is 0 Å². The third-order valence-corrected chi connectivity index (χ3v) is 2.89. The van der Waals surface area contributed by atoms with E-state index in [1.165, 1.54) is 0 Å². The molecule has 0 saturated carbocycles. The standard InChI is InChI=1S/C13H11N3O/c1-16-5-4-9-6-10(12-7-14-8-15-12)2-3-11(9)13(16)17/h2-8H,1H3,(H,14,15). The average Bonchev–Trinajstić information content (AvgIpc) is 2.87. The first-order valence-corrected chi connectivity index (χ1v) is 5.34. The summed E-state index contributed by atoms with van der Waals surface area (Å²) in [5.74, 6) is 0. The van der Waals surface area contributed by atoms with E-state index in [9.17, 15) is 4.79 Å². The molecule has 0 saturated heterocycles. The Balaban J connectivity index is 2.28. The second kappa shape index (κ2) is 3.59. The molecule has 0 atom stereocenters. The summed E-state index contributed by atoms with van der Waals surface area (Å²) in [6.07, 6.45) is 5.19. The number of pyridine rings is 1. The smallest absolute Gasteiger partial charge is 0.258 e. The lowest BCUT2D eigenvalue weighted by Gasteiger charge is -2.03. The summed E-state index contributed by atoms with van der Waals surface area (Å²) < 4.78 is 1.58. The third-order valence-electron chi connectivity index (χ3n) is 2.89. The first-order valence-electron chi connectivity index (χ1n) is 5.34. The Morgan fingerprint density at radius 2 is 2.18 bits per heavy atom. The largest absolute Gasteiger partial charge is 0.345 e. The van der Waals surface area contributed by atoms with Gasteiger partial charge in [-0.25, -0.2) is 4.98 Å². The molecule has 3 rings (SSSR count). The van der Waals surface area contributed by atoms with E-state index < -0.39 is 0 Å². The molecular weight excluding hydrogens is 214 g/mol. The Morgan fingerprint density at radius 1 is 1.29 bits per heavy atom. The molecule has 0 aliphatic carbocycles. The van der Waals surface area contributed by atoms with E-state index in [-0.39, 0.29) is 5.56 Å². The zero-order chi connectivity index (χ0) is 11.8. The number of nitrogens with one attached hydrogen (secondary N) is 1. The summed E-state index contributed by atoms with van der Waals surface area (Å²) >= 11 is 0. The predicted octanol–water partition coefficient (Wildman–Crippen LogP) is 1.93. The van der Waals surface area contributed by atoms with E-state index in [1.807, 2.05) is 24.3 Å². The Kier molecular flexibility index (Phi) is 2.08. The Labute approximate surface area is 97.6 Å². The molecule has 0 aliphatic heterocycles. The number of imidazole rings is 1. The highest BCUT2D eigenvalue weighted by atomic mass is 16.1. The summed E-state index contributed by atoms with van der Waals surface area (Å²) in [6, 6.07) is 7.71. The van der Waals surface area contributed by atoms with Gasteiger partial charge in [0.25, 0.3) is 5.56 Å². The van der Waals surface area contributed by atoms with Gasteiger partial charge in [-0.2, -0.15) is 0 Å². The van der Waals surface area contributed by atoms with Crippen LogP contribution in [0.2, 0.25) is 0 Å². The van der Waals surface area contributed by atoms with Gasteiger partial charge in [-0.1, -0.05) is 6.07 Å². The van der Waals surface area contributed by atoms with Gasteiger partial charge in [0.1, 0.15) is 0 Å². The lowest BCUT2D eigenvalue weighted by molar-refractivity contribution is 0.873. The van der Waals surface area contributed by atoms with Crippen LogP contribution >= 0.6 is 0 Å². The van der Waals surface area contributed by atoms with E-state index in [0.29, 0.717) is 0 Å². The summed E-state index contributed by atoms with van der Waals surface area (Å²) in [5.41, 5.74) is 2.01. The van der Waals surface area contributed by atoms with E-state index >= 15 is 0 Å². The minimum absolute atomic E-state index is 0.0265. The van der Waals surface area contributed by atoms with Crippen molar-refractivity contribution in [2.24, 2.45) is 7.05 Å². The maximum Gasteiger partial charge on any atom is 0.258 e. The number of hydrogen-bond acceptors (Lipinski definition) is 2. The fraction of sp³-hybridized carbons (Fsp3) is 0.0769. The van der Waals surface area contributed by atoms with Gasteiger partial charge in [0.05, 0.1) is 18.2 Å². The van der Waals surface area contributed by atoms with Gasteiger partial charge >= 0.3 is 0 Å². The number of fused-ring (bicyclic) bond motifs is 1. The summed E-state index contributed by atoms with van der Waals surface area (Å²) in [7, 11) is 1.75. The first-order chi connectivity index (χ1) is 8.25. The first kappa shape index (κ1) is 9.84. The number of benzene rings is 1. The van der Waals surface area contributed by atoms with Crippen LogP contribution in [-0.4, -0.2) is 14.5 Å². The van der Waals surface area contributed by atoms with Gasteiger partial charge < -0.3 is 9.55 Å². The van der Waals surface area contributed by atoms with Crippen LogP contribution in [0.15, 0.2) is 47.8 Å². The second-order valence-electron chi connectivity index (χ2n) is 4.00. The van der Waals surface area contributed by atoms with Crippen molar-refractivity contribution in [1.82, 2.24) is 14.5 Å². The molecule has 2 heterocycles. The van der Waals surface area contributed by atoms with Crippen LogP contribution in [0.25, 0.3) is 22.0 Å². The van der Waals surface area contributed by atoms with Crippen LogP contribution in [0, 0.1) is 0 Å². The van der Waals surface area contributed by atoms with E-state index in [1.54, 1.807) is 30.3 Å². The van der Waals surface area contributed by atoms with Gasteiger partial charge in [0, 0.05) is 24.2 Å². The Hall–Kier alpha value is -2.36. The number of nitrogens with zero attached hydrogens (tertiary/aromatic N) is 2. The minimum atomic E-state index is 0.0265. The lowest BCUT2D eigenvalue weighted by atomic mass is 10.1. The molecule has 0 unspecified atom stereocenters. The minimum Gasteiger partial charge on any atom is -0.345 e. The molecule has 0 bridgehead atoms. The number of rotatable bonds is 1. The molecular formula is C13H11N3O. The van der Waals surface area contributed by atoms with Crippen molar-refractivity contribution in [2.45, 2.75) is 0 Å². The highest BCUT2D eigenvalue weighted by Gasteiger charge is 2.03. The average molecular weight is 225 g/mol. The quantitative estimate of drug-likeness (QED) is 0.688. The maximum atomic E-state index is 11.9. The fourth-order valence-corrected chi connectivity index (χ4v) is 1.93. The molecule has 3 aromatic rings. The van der Waals surface area contributed by atoms with Crippen molar-refractivity contribution >= 4 is 10.8 Å². The highest BCUT2D eigenvalue weighted by molar-refractivity contribution is 5.85. The van der Waals surface area contributed by atoms with Crippen molar-refractivity contribution in [3.63, 3.8) is 0 Å². The zero-order valence-corrected chi connectivity index (χ0v) is 9.34.